The van der Waals surface area contributed by atoms with Crippen LogP contribution in [0.4, 0.5) is 0 Å². The average molecular weight is 457 g/mol. The number of H-pyrrole nitrogens is 1. The zero-order valence-electron chi connectivity index (χ0n) is 19.2. The fourth-order valence-corrected chi connectivity index (χ4v) is 4.29. The second-order valence-electron chi connectivity index (χ2n) is 8.38. The van der Waals surface area contributed by atoms with Gasteiger partial charge in [-0.15, -0.1) is 5.10 Å². The molecule has 1 saturated heterocycles. The Morgan fingerprint density at radius 3 is 3.03 bits per heavy atom. The van der Waals surface area contributed by atoms with Crippen molar-refractivity contribution < 1.29 is 14.6 Å². The van der Waals surface area contributed by atoms with Gasteiger partial charge in [0.15, 0.2) is 5.82 Å². The first-order valence-electron chi connectivity index (χ1n) is 11.6. The Balaban J connectivity index is 1.59. The second kappa shape index (κ2) is 10.9. The van der Waals surface area contributed by atoms with Crippen LogP contribution >= 0.6 is 0 Å². The number of aromatic amines is 1. The highest BCUT2D eigenvalue weighted by molar-refractivity contribution is 5.80. The summed E-state index contributed by atoms with van der Waals surface area (Å²) >= 11 is 0. The predicted octanol–water partition coefficient (Wildman–Crippen LogP) is 2.04. The Labute approximate surface area is 192 Å². The fraction of sp³-hybridized carbons (Fsp3) is 0.565. The molecule has 2 atom stereocenters. The van der Waals surface area contributed by atoms with E-state index in [0.717, 1.165) is 41.9 Å². The van der Waals surface area contributed by atoms with Crippen LogP contribution in [0.25, 0.3) is 10.9 Å². The van der Waals surface area contributed by atoms with Crippen LogP contribution in [-0.4, -0.2) is 67.7 Å². The number of nitrogens with zero attached hydrogens (tertiary/aromatic N) is 5. The monoisotopic (exact) mass is 456 g/mol. The van der Waals surface area contributed by atoms with Gasteiger partial charge in [0.1, 0.15) is 5.75 Å². The van der Waals surface area contributed by atoms with Crippen molar-refractivity contribution in [2.24, 2.45) is 0 Å². The van der Waals surface area contributed by atoms with E-state index in [1.165, 1.54) is 0 Å². The van der Waals surface area contributed by atoms with Crippen molar-refractivity contribution in [2.45, 2.75) is 58.3 Å². The molecule has 33 heavy (non-hydrogen) atoms. The third kappa shape index (κ3) is 5.58. The highest BCUT2D eigenvalue weighted by atomic mass is 16.5. The minimum absolute atomic E-state index is 0.0653. The number of tetrazole rings is 1. The van der Waals surface area contributed by atoms with Crippen LogP contribution in [0.15, 0.2) is 29.1 Å². The third-order valence-electron chi connectivity index (χ3n) is 6.06. The maximum Gasteiger partial charge on any atom is 0.252 e. The van der Waals surface area contributed by atoms with Crippen LogP contribution in [0, 0.1) is 0 Å². The number of aromatic nitrogens is 5. The van der Waals surface area contributed by atoms with Crippen molar-refractivity contribution in [3.63, 3.8) is 0 Å². The molecule has 0 radical (unpaired) electrons. The topological polar surface area (TPSA) is 118 Å². The van der Waals surface area contributed by atoms with Gasteiger partial charge in [0.05, 0.1) is 25.3 Å². The lowest BCUT2D eigenvalue weighted by Crippen LogP contribution is -2.33. The van der Waals surface area contributed by atoms with Crippen molar-refractivity contribution in [1.29, 1.82) is 0 Å². The maximum absolute atomic E-state index is 12.8. The Morgan fingerprint density at radius 1 is 1.39 bits per heavy atom. The number of hydrogen-bond acceptors (Lipinski definition) is 8. The molecule has 1 aromatic carbocycles. The van der Waals surface area contributed by atoms with Gasteiger partial charge in [-0.3, -0.25) is 9.69 Å². The smallest absolute Gasteiger partial charge is 0.252 e. The van der Waals surface area contributed by atoms with E-state index in [4.69, 9.17) is 9.47 Å². The molecule has 1 aliphatic heterocycles. The average Bonchev–Trinajstić information content (AvgIpc) is 3.49. The van der Waals surface area contributed by atoms with Crippen molar-refractivity contribution in [3.8, 4) is 5.75 Å². The molecule has 3 aromatic rings. The normalized spacial score (nSPS) is 17.2. The van der Waals surface area contributed by atoms with Gasteiger partial charge < -0.3 is 19.6 Å². The van der Waals surface area contributed by atoms with Crippen LogP contribution < -0.4 is 10.3 Å². The standard InChI is InChI=1S/C23H32N6O4/c1-3-32-19-7-8-21-17(13-19)12-18(23(31)24-21)14-28(9-5-10-30)16(2)22-25-26-27-29(22)15-20-6-4-11-33-20/h7-8,12-13,16,20,30H,3-6,9-11,14-15H2,1-2H3,(H,24,31)/t16-,20+/m0/s1. The van der Waals surface area contributed by atoms with Gasteiger partial charge in [0, 0.05) is 42.8 Å². The number of ether oxygens (including phenoxy) is 2. The fourth-order valence-electron chi connectivity index (χ4n) is 4.29. The second-order valence-corrected chi connectivity index (χ2v) is 8.38. The maximum atomic E-state index is 12.8. The molecule has 0 bridgehead atoms. The quantitative estimate of drug-likeness (QED) is 0.450. The third-order valence-corrected chi connectivity index (χ3v) is 6.06. The largest absolute Gasteiger partial charge is 0.494 e. The molecule has 0 amide bonds. The number of nitrogens with one attached hydrogen (secondary N) is 1. The molecule has 1 fully saturated rings. The molecule has 0 unspecified atom stereocenters. The Morgan fingerprint density at radius 2 is 2.27 bits per heavy atom. The summed E-state index contributed by atoms with van der Waals surface area (Å²) in [5.74, 6) is 1.49. The van der Waals surface area contributed by atoms with Crippen LogP contribution in [0.3, 0.4) is 0 Å². The SMILES string of the molecule is CCOc1ccc2[nH]c(=O)c(CN(CCCO)[C@@H](C)c3nnnn3C[C@H]3CCCO3)cc2c1. The van der Waals surface area contributed by atoms with E-state index < -0.39 is 0 Å². The highest BCUT2D eigenvalue weighted by Gasteiger charge is 2.25. The van der Waals surface area contributed by atoms with E-state index in [1.807, 2.05) is 38.1 Å². The molecule has 10 nitrogen and oxygen atoms in total. The molecule has 1 aliphatic rings. The molecule has 0 saturated carbocycles. The summed E-state index contributed by atoms with van der Waals surface area (Å²) in [6.07, 6.45) is 2.75. The lowest BCUT2D eigenvalue weighted by Gasteiger charge is -2.28. The van der Waals surface area contributed by atoms with Crippen LogP contribution in [0.5, 0.6) is 5.75 Å². The molecular formula is C23H32N6O4. The zero-order valence-corrected chi connectivity index (χ0v) is 19.2. The molecule has 3 heterocycles. The van der Waals surface area contributed by atoms with E-state index in [2.05, 4.69) is 25.4 Å². The van der Waals surface area contributed by atoms with Crippen molar-refractivity contribution >= 4 is 10.9 Å². The van der Waals surface area contributed by atoms with Crippen LogP contribution in [0.2, 0.25) is 0 Å². The van der Waals surface area contributed by atoms with Gasteiger partial charge in [-0.05, 0) is 67.8 Å². The first-order chi connectivity index (χ1) is 16.1. The van der Waals surface area contributed by atoms with Crippen LogP contribution in [-0.2, 0) is 17.8 Å². The summed E-state index contributed by atoms with van der Waals surface area (Å²) in [5, 5.41) is 22.7. The van der Waals surface area contributed by atoms with E-state index in [-0.39, 0.29) is 24.3 Å². The van der Waals surface area contributed by atoms with E-state index in [1.54, 1.807) is 4.68 Å². The molecule has 10 heteroatoms. The van der Waals surface area contributed by atoms with Gasteiger partial charge in [-0.1, -0.05) is 0 Å². The molecule has 2 aromatic heterocycles. The van der Waals surface area contributed by atoms with E-state index in [9.17, 15) is 9.90 Å². The predicted molar refractivity (Wildman–Crippen MR) is 123 cm³/mol. The minimum atomic E-state index is -0.155. The first-order valence-corrected chi connectivity index (χ1v) is 11.6. The van der Waals surface area contributed by atoms with Gasteiger partial charge in [0.25, 0.3) is 5.56 Å². The van der Waals surface area contributed by atoms with Crippen LogP contribution in [0.1, 0.15) is 50.5 Å². The lowest BCUT2D eigenvalue weighted by molar-refractivity contribution is 0.0898. The molecular weight excluding hydrogens is 424 g/mol. The minimum Gasteiger partial charge on any atom is -0.494 e. The number of pyridine rings is 1. The molecule has 0 aliphatic carbocycles. The summed E-state index contributed by atoms with van der Waals surface area (Å²) in [5.41, 5.74) is 1.27. The van der Waals surface area contributed by atoms with Crippen molar-refractivity contribution in [2.75, 3.05) is 26.4 Å². The van der Waals surface area contributed by atoms with E-state index in [0.29, 0.717) is 38.2 Å². The number of aliphatic hydroxyl groups excluding tert-OH is 1. The molecule has 178 valence electrons. The zero-order chi connectivity index (χ0) is 23.2. The number of rotatable bonds is 11. The lowest BCUT2D eigenvalue weighted by atomic mass is 10.1. The van der Waals surface area contributed by atoms with Gasteiger partial charge in [-0.2, -0.15) is 0 Å². The summed E-state index contributed by atoms with van der Waals surface area (Å²) in [4.78, 5) is 17.9. The summed E-state index contributed by atoms with van der Waals surface area (Å²) < 4.78 is 13.2. The summed E-state index contributed by atoms with van der Waals surface area (Å²) in [6, 6.07) is 7.40. The van der Waals surface area contributed by atoms with Gasteiger partial charge in [0.2, 0.25) is 0 Å². The van der Waals surface area contributed by atoms with Crippen molar-refractivity contribution in [1.82, 2.24) is 30.1 Å². The van der Waals surface area contributed by atoms with Crippen molar-refractivity contribution in [3.05, 3.63) is 46.0 Å². The number of aliphatic hydroxyl groups is 1. The van der Waals surface area contributed by atoms with E-state index >= 15 is 0 Å². The number of fused-ring (bicyclic) bond motifs is 1. The number of hydrogen-bond donors (Lipinski definition) is 2. The Hall–Kier alpha value is -2.82. The Bertz CT molecular complexity index is 1110. The first kappa shape index (κ1) is 23.3. The molecule has 2 N–H and O–H groups in total. The van der Waals surface area contributed by atoms with Gasteiger partial charge >= 0.3 is 0 Å². The molecule has 0 spiro atoms. The highest BCUT2D eigenvalue weighted by Crippen LogP contribution is 2.24. The van der Waals surface area contributed by atoms with Gasteiger partial charge in [-0.25, -0.2) is 4.68 Å². The summed E-state index contributed by atoms with van der Waals surface area (Å²) in [7, 11) is 0. The number of benzene rings is 1. The Kier molecular flexibility index (Phi) is 7.69. The summed E-state index contributed by atoms with van der Waals surface area (Å²) in [6.45, 7) is 6.99. The molecule has 4 rings (SSSR count).